The second-order valence-electron chi connectivity index (χ2n) is 7.00. The summed E-state index contributed by atoms with van der Waals surface area (Å²) < 4.78 is 45.9. The lowest BCUT2D eigenvalue weighted by Gasteiger charge is -2.12. The Balaban J connectivity index is 2.26. The van der Waals surface area contributed by atoms with Crippen molar-refractivity contribution >= 4 is 17.0 Å². The molecular formula is C21H21F3N2O3. The van der Waals surface area contributed by atoms with Gasteiger partial charge in [-0.3, -0.25) is 0 Å². The van der Waals surface area contributed by atoms with E-state index in [4.69, 9.17) is 4.74 Å². The molecule has 2 aromatic heterocycles. The van der Waals surface area contributed by atoms with Crippen LogP contribution in [0.25, 0.3) is 22.3 Å². The summed E-state index contributed by atoms with van der Waals surface area (Å²) in [4.78, 5) is 16.4. The molecule has 0 unspecified atom stereocenters. The Labute approximate surface area is 165 Å². The van der Waals surface area contributed by atoms with E-state index < -0.39 is 17.7 Å². The number of fused-ring (bicyclic) bond motifs is 1. The van der Waals surface area contributed by atoms with E-state index in [1.165, 1.54) is 16.7 Å². The molecule has 0 aliphatic heterocycles. The molecule has 0 amide bonds. The molecule has 29 heavy (non-hydrogen) atoms. The number of carbonyl (C=O) groups is 1. The highest BCUT2D eigenvalue weighted by atomic mass is 19.4. The van der Waals surface area contributed by atoms with E-state index in [9.17, 15) is 23.1 Å². The lowest BCUT2D eigenvalue weighted by Crippen LogP contribution is -2.11. The number of rotatable bonds is 5. The number of hydrogen-bond donors (Lipinski definition) is 1. The first-order chi connectivity index (χ1) is 13.5. The van der Waals surface area contributed by atoms with E-state index in [1.54, 1.807) is 20.9 Å². The minimum Gasteiger partial charge on any atom is -0.486 e. The van der Waals surface area contributed by atoms with Crippen molar-refractivity contribution < 1.29 is 27.8 Å². The lowest BCUT2D eigenvalue weighted by atomic mass is 10.0. The Morgan fingerprint density at radius 2 is 1.86 bits per heavy atom. The van der Waals surface area contributed by atoms with Gasteiger partial charge in [0.25, 0.3) is 0 Å². The number of ether oxygens (including phenoxy) is 1. The van der Waals surface area contributed by atoms with Crippen LogP contribution in [0.5, 0.6) is 5.75 Å². The van der Waals surface area contributed by atoms with E-state index >= 15 is 0 Å². The van der Waals surface area contributed by atoms with Crippen molar-refractivity contribution in [2.24, 2.45) is 7.05 Å². The average molecular weight is 406 g/mol. The number of hydrogen-bond acceptors (Lipinski definition) is 3. The number of halogens is 3. The molecule has 0 radical (unpaired) electrons. The SMILES string of the molecule is CCc1cc2c(nc1-c1ccc(C(F)(F)F)cc1)c(OC(C)C)c(C(=O)O)n2C. The number of carboxylic acid groups (broad SMARTS) is 1. The van der Waals surface area contributed by atoms with Crippen molar-refractivity contribution in [2.75, 3.05) is 0 Å². The monoisotopic (exact) mass is 406 g/mol. The minimum atomic E-state index is -4.42. The fraction of sp³-hybridized carbons (Fsp3) is 0.333. The van der Waals surface area contributed by atoms with Gasteiger partial charge in [-0.1, -0.05) is 19.1 Å². The fourth-order valence-electron chi connectivity index (χ4n) is 3.27. The smallest absolute Gasteiger partial charge is 0.416 e. The number of pyridine rings is 1. The van der Waals surface area contributed by atoms with Gasteiger partial charge in [-0.2, -0.15) is 13.2 Å². The molecule has 3 rings (SSSR count). The third-order valence-corrected chi connectivity index (χ3v) is 4.63. The number of nitrogens with zero attached hydrogens (tertiary/aromatic N) is 2. The Hall–Kier alpha value is -3.03. The molecule has 3 aromatic rings. The number of aromatic carboxylic acids is 1. The van der Waals surface area contributed by atoms with Gasteiger partial charge in [0.2, 0.25) is 0 Å². The zero-order chi connectivity index (χ0) is 21.5. The molecule has 0 fully saturated rings. The zero-order valence-electron chi connectivity index (χ0n) is 16.5. The van der Waals surface area contributed by atoms with Crippen molar-refractivity contribution in [1.29, 1.82) is 0 Å². The van der Waals surface area contributed by atoms with Gasteiger partial charge >= 0.3 is 12.1 Å². The largest absolute Gasteiger partial charge is 0.486 e. The summed E-state index contributed by atoms with van der Waals surface area (Å²) in [5, 5.41) is 9.64. The minimum absolute atomic E-state index is 0.0205. The summed E-state index contributed by atoms with van der Waals surface area (Å²) in [6, 6.07) is 6.59. The second kappa shape index (κ2) is 7.42. The molecule has 5 nitrogen and oxygen atoms in total. The number of aromatic nitrogens is 2. The topological polar surface area (TPSA) is 64.3 Å². The van der Waals surface area contributed by atoms with Crippen LogP contribution in [0.4, 0.5) is 13.2 Å². The van der Waals surface area contributed by atoms with E-state index in [-0.39, 0.29) is 17.5 Å². The highest BCUT2D eigenvalue weighted by Crippen LogP contribution is 2.37. The maximum atomic E-state index is 12.9. The maximum absolute atomic E-state index is 12.9. The molecule has 0 bridgehead atoms. The summed E-state index contributed by atoms with van der Waals surface area (Å²) in [6.07, 6.45) is -4.12. The molecule has 0 aliphatic carbocycles. The molecule has 1 aromatic carbocycles. The van der Waals surface area contributed by atoms with Crippen molar-refractivity contribution in [2.45, 2.75) is 39.5 Å². The molecular weight excluding hydrogens is 385 g/mol. The van der Waals surface area contributed by atoms with Crippen LogP contribution < -0.4 is 4.74 Å². The van der Waals surface area contributed by atoms with E-state index in [0.717, 1.165) is 17.7 Å². The standard InChI is InChI=1S/C21H21F3N2O3/c1-5-12-10-15-17(19(29-11(2)3)18(20(27)28)26(15)4)25-16(12)13-6-8-14(9-7-13)21(22,23)24/h6-11H,5H2,1-4H3,(H,27,28). The molecule has 0 spiro atoms. The van der Waals surface area contributed by atoms with Crippen LogP contribution >= 0.6 is 0 Å². The number of alkyl halides is 3. The number of benzene rings is 1. The number of aryl methyl sites for hydroxylation is 2. The van der Waals surface area contributed by atoms with Gasteiger partial charge in [0.15, 0.2) is 11.4 Å². The quantitative estimate of drug-likeness (QED) is 0.624. The fourth-order valence-corrected chi connectivity index (χ4v) is 3.27. The number of carboxylic acids is 1. The van der Waals surface area contributed by atoms with Crippen molar-refractivity contribution in [1.82, 2.24) is 9.55 Å². The van der Waals surface area contributed by atoms with Crippen LogP contribution in [0, 0.1) is 0 Å². The summed E-state index contributed by atoms with van der Waals surface area (Å²) >= 11 is 0. The molecule has 0 saturated heterocycles. The Morgan fingerprint density at radius 3 is 2.34 bits per heavy atom. The van der Waals surface area contributed by atoms with E-state index in [1.807, 2.05) is 13.0 Å². The first-order valence-corrected chi connectivity index (χ1v) is 9.14. The van der Waals surface area contributed by atoms with Gasteiger partial charge in [0.1, 0.15) is 5.52 Å². The molecule has 0 atom stereocenters. The van der Waals surface area contributed by atoms with Gasteiger partial charge in [0, 0.05) is 12.6 Å². The van der Waals surface area contributed by atoms with Crippen LogP contribution in [0.3, 0.4) is 0 Å². The summed E-state index contributed by atoms with van der Waals surface area (Å²) in [5.74, 6) is -0.990. The van der Waals surface area contributed by atoms with Gasteiger partial charge in [-0.15, -0.1) is 0 Å². The highest BCUT2D eigenvalue weighted by Gasteiger charge is 2.30. The first kappa shape index (κ1) is 20.7. The molecule has 154 valence electrons. The summed E-state index contributed by atoms with van der Waals surface area (Å²) in [6.45, 7) is 5.46. The highest BCUT2D eigenvalue weighted by molar-refractivity contribution is 6.00. The second-order valence-corrected chi connectivity index (χ2v) is 7.00. The average Bonchev–Trinajstić information content (AvgIpc) is 2.91. The van der Waals surface area contributed by atoms with Crippen LogP contribution in [0.15, 0.2) is 30.3 Å². The van der Waals surface area contributed by atoms with Gasteiger partial charge in [-0.05, 0) is 44.0 Å². The van der Waals surface area contributed by atoms with Crippen LogP contribution in [0.2, 0.25) is 0 Å². The molecule has 1 N–H and O–H groups in total. The third-order valence-electron chi connectivity index (χ3n) is 4.63. The maximum Gasteiger partial charge on any atom is 0.416 e. The molecule has 2 heterocycles. The predicted octanol–water partition coefficient (Wildman–Crippen LogP) is 5.31. The Bertz CT molecular complexity index is 1070. The molecule has 0 aliphatic rings. The summed E-state index contributed by atoms with van der Waals surface area (Å²) in [5.41, 5.74) is 2.02. The predicted molar refractivity (Wildman–Crippen MR) is 103 cm³/mol. The lowest BCUT2D eigenvalue weighted by molar-refractivity contribution is -0.137. The van der Waals surface area contributed by atoms with Crippen LogP contribution in [-0.2, 0) is 19.6 Å². The van der Waals surface area contributed by atoms with Crippen molar-refractivity contribution in [3.05, 3.63) is 47.2 Å². The van der Waals surface area contributed by atoms with Crippen molar-refractivity contribution in [3.8, 4) is 17.0 Å². The van der Waals surface area contributed by atoms with Crippen LogP contribution in [-0.4, -0.2) is 26.7 Å². The molecule has 0 saturated carbocycles. The molecule has 8 heteroatoms. The van der Waals surface area contributed by atoms with E-state index in [2.05, 4.69) is 4.98 Å². The normalized spacial score (nSPS) is 12.0. The first-order valence-electron chi connectivity index (χ1n) is 9.14. The van der Waals surface area contributed by atoms with E-state index in [0.29, 0.717) is 28.7 Å². The Kier molecular flexibility index (Phi) is 5.30. The van der Waals surface area contributed by atoms with Crippen molar-refractivity contribution in [3.63, 3.8) is 0 Å². The Morgan fingerprint density at radius 1 is 1.24 bits per heavy atom. The van der Waals surface area contributed by atoms with Gasteiger partial charge < -0.3 is 14.4 Å². The van der Waals surface area contributed by atoms with Gasteiger partial charge in [-0.25, -0.2) is 9.78 Å². The summed E-state index contributed by atoms with van der Waals surface area (Å²) in [7, 11) is 1.62. The zero-order valence-corrected chi connectivity index (χ0v) is 16.5. The van der Waals surface area contributed by atoms with Gasteiger partial charge in [0.05, 0.1) is 22.9 Å². The van der Waals surface area contributed by atoms with Crippen LogP contribution in [0.1, 0.15) is 42.4 Å². The third kappa shape index (κ3) is 3.79.